The van der Waals surface area contributed by atoms with Crippen LogP contribution in [-0.4, -0.2) is 31.7 Å². The first-order valence-corrected chi connectivity index (χ1v) is 9.83. The van der Waals surface area contributed by atoms with Crippen molar-refractivity contribution in [2.24, 2.45) is 0 Å². The summed E-state index contributed by atoms with van der Waals surface area (Å²) in [5, 5.41) is 2.63. The molecule has 0 aliphatic rings. The molecule has 0 saturated heterocycles. The second-order valence-corrected chi connectivity index (χ2v) is 7.87. The number of carbonyl (C=O) groups is 1. The zero-order valence-electron chi connectivity index (χ0n) is 15.3. The summed E-state index contributed by atoms with van der Waals surface area (Å²) in [4.78, 5) is 12.5. The number of anilines is 1. The molecule has 140 valence electrons. The molecule has 0 unspecified atom stereocenters. The molecular formula is C19H23FN2O3S. The van der Waals surface area contributed by atoms with Gasteiger partial charge < -0.3 is 5.32 Å². The van der Waals surface area contributed by atoms with Crippen molar-refractivity contribution in [1.82, 2.24) is 4.31 Å². The van der Waals surface area contributed by atoms with E-state index < -0.39 is 21.7 Å². The Morgan fingerprint density at radius 3 is 2.31 bits per heavy atom. The number of halogens is 1. The van der Waals surface area contributed by atoms with Crippen molar-refractivity contribution in [3.8, 4) is 0 Å². The molecular weight excluding hydrogens is 355 g/mol. The quantitative estimate of drug-likeness (QED) is 0.833. The zero-order valence-corrected chi connectivity index (χ0v) is 16.2. The van der Waals surface area contributed by atoms with Gasteiger partial charge in [0.2, 0.25) is 10.0 Å². The first-order valence-electron chi connectivity index (χ1n) is 8.39. The van der Waals surface area contributed by atoms with E-state index in [1.807, 2.05) is 0 Å². The van der Waals surface area contributed by atoms with Gasteiger partial charge in [0, 0.05) is 18.8 Å². The summed E-state index contributed by atoms with van der Waals surface area (Å²) in [6.45, 7) is 7.78. The molecule has 0 aliphatic carbocycles. The van der Waals surface area contributed by atoms with E-state index in [4.69, 9.17) is 0 Å². The minimum Gasteiger partial charge on any atom is -0.322 e. The third kappa shape index (κ3) is 3.94. The van der Waals surface area contributed by atoms with Crippen molar-refractivity contribution in [3.05, 3.63) is 58.9 Å². The van der Waals surface area contributed by atoms with Crippen LogP contribution in [0.3, 0.4) is 0 Å². The predicted molar refractivity (Wildman–Crippen MR) is 100 cm³/mol. The van der Waals surface area contributed by atoms with Crippen molar-refractivity contribution in [2.75, 3.05) is 18.4 Å². The Bertz CT molecular complexity index is 922. The molecule has 0 saturated carbocycles. The highest BCUT2D eigenvalue weighted by molar-refractivity contribution is 7.89. The van der Waals surface area contributed by atoms with Gasteiger partial charge in [0.05, 0.1) is 10.5 Å². The molecule has 1 amide bonds. The summed E-state index contributed by atoms with van der Waals surface area (Å²) in [5.41, 5.74) is 1.71. The highest BCUT2D eigenvalue weighted by Crippen LogP contribution is 2.27. The van der Waals surface area contributed by atoms with Crippen LogP contribution >= 0.6 is 0 Å². The van der Waals surface area contributed by atoms with Gasteiger partial charge in [-0.2, -0.15) is 4.31 Å². The number of hydrogen-bond acceptors (Lipinski definition) is 3. The minimum atomic E-state index is -3.66. The maximum Gasteiger partial charge on any atom is 0.258 e. The topological polar surface area (TPSA) is 66.5 Å². The molecule has 1 N–H and O–H groups in total. The largest absolute Gasteiger partial charge is 0.322 e. The highest BCUT2D eigenvalue weighted by atomic mass is 32.2. The SMILES string of the molecule is CCN(CC)S(=O)(=O)c1cc(C)c(C)c(NC(=O)c2ccccc2F)c1. The Kier molecular flexibility index (Phi) is 6.15. The average molecular weight is 378 g/mol. The number of nitrogens with zero attached hydrogens (tertiary/aromatic N) is 1. The van der Waals surface area contributed by atoms with Gasteiger partial charge in [-0.25, -0.2) is 12.8 Å². The van der Waals surface area contributed by atoms with Crippen LogP contribution in [0.2, 0.25) is 0 Å². The van der Waals surface area contributed by atoms with Gasteiger partial charge >= 0.3 is 0 Å². The van der Waals surface area contributed by atoms with Crippen molar-refractivity contribution in [1.29, 1.82) is 0 Å². The van der Waals surface area contributed by atoms with Crippen LogP contribution in [0.5, 0.6) is 0 Å². The number of rotatable bonds is 6. The summed E-state index contributed by atoms with van der Waals surface area (Å²) in [6.07, 6.45) is 0. The van der Waals surface area contributed by atoms with Gasteiger partial charge in [0.15, 0.2) is 0 Å². The fourth-order valence-corrected chi connectivity index (χ4v) is 4.22. The number of sulfonamides is 1. The van der Waals surface area contributed by atoms with Crippen LogP contribution in [0.15, 0.2) is 41.3 Å². The van der Waals surface area contributed by atoms with E-state index in [0.29, 0.717) is 18.8 Å². The van der Waals surface area contributed by atoms with E-state index in [-0.39, 0.29) is 10.5 Å². The second kappa shape index (κ2) is 7.97. The number of carbonyl (C=O) groups excluding carboxylic acids is 1. The molecule has 2 aromatic rings. The van der Waals surface area contributed by atoms with Gasteiger partial charge in [-0.15, -0.1) is 0 Å². The molecule has 0 aliphatic heterocycles. The monoisotopic (exact) mass is 378 g/mol. The summed E-state index contributed by atoms with van der Waals surface area (Å²) in [5.74, 6) is -1.26. The van der Waals surface area contributed by atoms with E-state index >= 15 is 0 Å². The Hall–Kier alpha value is -2.25. The molecule has 26 heavy (non-hydrogen) atoms. The lowest BCUT2D eigenvalue weighted by molar-refractivity contribution is 0.102. The smallest absolute Gasteiger partial charge is 0.258 e. The lowest BCUT2D eigenvalue weighted by Crippen LogP contribution is -2.30. The second-order valence-electron chi connectivity index (χ2n) is 5.94. The van der Waals surface area contributed by atoms with Crippen molar-refractivity contribution >= 4 is 21.6 Å². The molecule has 2 aromatic carbocycles. The predicted octanol–water partition coefficient (Wildman–Crippen LogP) is 3.73. The summed E-state index contributed by atoms with van der Waals surface area (Å²) in [7, 11) is -3.66. The van der Waals surface area contributed by atoms with Gasteiger partial charge in [-0.05, 0) is 49.2 Å². The molecule has 0 aromatic heterocycles. The summed E-state index contributed by atoms with van der Waals surface area (Å²) >= 11 is 0. The van der Waals surface area contributed by atoms with E-state index in [0.717, 1.165) is 11.1 Å². The lowest BCUT2D eigenvalue weighted by Gasteiger charge is -2.20. The molecule has 0 bridgehead atoms. The van der Waals surface area contributed by atoms with E-state index in [2.05, 4.69) is 5.32 Å². The molecule has 0 spiro atoms. The van der Waals surface area contributed by atoms with Crippen LogP contribution < -0.4 is 5.32 Å². The van der Waals surface area contributed by atoms with Crippen molar-refractivity contribution in [3.63, 3.8) is 0 Å². The van der Waals surface area contributed by atoms with Crippen LogP contribution in [0.1, 0.15) is 35.3 Å². The highest BCUT2D eigenvalue weighted by Gasteiger charge is 2.24. The molecule has 0 radical (unpaired) electrons. The van der Waals surface area contributed by atoms with E-state index in [1.54, 1.807) is 39.8 Å². The average Bonchev–Trinajstić information content (AvgIpc) is 2.59. The molecule has 5 nitrogen and oxygen atoms in total. The number of benzene rings is 2. The van der Waals surface area contributed by atoms with Crippen LogP contribution in [-0.2, 0) is 10.0 Å². The third-order valence-corrected chi connectivity index (χ3v) is 6.38. The number of hydrogen-bond donors (Lipinski definition) is 1. The number of amides is 1. The number of aryl methyl sites for hydroxylation is 1. The van der Waals surface area contributed by atoms with Gasteiger partial charge in [0.25, 0.3) is 5.91 Å². The summed E-state index contributed by atoms with van der Waals surface area (Å²) in [6, 6.07) is 8.66. The minimum absolute atomic E-state index is 0.0958. The number of nitrogens with one attached hydrogen (secondary N) is 1. The molecule has 0 heterocycles. The van der Waals surface area contributed by atoms with E-state index in [9.17, 15) is 17.6 Å². The fraction of sp³-hybridized carbons (Fsp3) is 0.316. The Labute approximate surface area is 153 Å². The molecule has 2 rings (SSSR count). The van der Waals surface area contributed by atoms with Gasteiger partial charge in [0.1, 0.15) is 5.82 Å². The first kappa shape index (κ1) is 20.1. The third-order valence-electron chi connectivity index (χ3n) is 4.35. The van der Waals surface area contributed by atoms with Crippen molar-refractivity contribution < 1.29 is 17.6 Å². The Morgan fingerprint density at radius 2 is 1.73 bits per heavy atom. The van der Waals surface area contributed by atoms with E-state index in [1.165, 1.54) is 28.6 Å². The summed E-state index contributed by atoms with van der Waals surface area (Å²) < 4.78 is 40.7. The molecule has 0 atom stereocenters. The van der Waals surface area contributed by atoms with Crippen LogP contribution in [0.4, 0.5) is 10.1 Å². The standard InChI is InChI=1S/C19H23FN2O3S/c1-5-22(6-2)26(24,25)15-11-13(3)14(4)18(12-15)21-19(23)16-9-7-8-10-17(16)20/h7-12H,5-6H2,1-4H3,(H,21,23). The van der Waals surface area contributed by atoms with Crippen molar-refractivity contribution in [2.45, 2.75) is 32.6 Å². The normalized spacial score (nSPS) is 11.6. The van der Waals surface area contributed by atoms with Crippen LogP contribution in [0.25, 0.3) is 0 Å². The van der Waals surface area contributed by atoms with Gasteiger partial charge in [-0.1, -0.05) is 26.0 Å². The molecule has 0 fully saturated rings. The Balaban J connectivity index is 2.46. The first-order chi connectivity index (χ1) is 12.2. The molecule has 7 heteroatoms. The Morgan fingerprint density at radius 1 is 1.12 bits per heavy atom. The van der Waals surface area contributed by atoms with Gasteiger partial charge in [-0.3, -0.25) is 4.79 Å². The van der Waals surface area contributed by atoms with Crippen LogP contribution in [0, 0.1) is 19.7 Å². The maximum absolute atomic E-state index is 13.8. The lowest BCUT2D eigenvalue weighted by atomic mass is 10.1. The maximum atomic E-state index is 13.8. The zero-order chi connectivity index (χ0) is 19.5. The fourth-order valence-electron chi connectivity index (χ4n) is 2.65.